The van der Waals surface area contributed by atoms with Crippen LogP contribution >= 0.6 is 0 Å². The number of ether oxygens (including phenoxy) is 3. The highest BCUT2D eigenvalue weighted by atomic mass is 16.5. The van der Waals surface area contributed by atoms with Gasteiger partial charge in [0.15, 0.2) is 0 Å². The molecule has 42 heavy (non-hydrogen) atoms. The van der Waals surface area contributed by atoms with Gasteiger partial charge in [-0.15, -0.1) is 0 Å². The number of carbonyl (C=O) groups excluding carboxylic acids is 3. The molecule has 1 aromatic heterocycles. The molecule has 226 valence electrons. The molecule has 1 amide bonds. The van der Waals surface area contributed by atoms with Crippen LogP contribution in [0.3, 0.4) is 0 Å². The van der Waals surface area contributed by atoms with Crippen LogP contribution < -0.4 is 9.47 Å². The number of hydrogen-bond acceptors (Lipinski definition) is 8. The summed E-state index contributed by atoms with van der Waals surface area (Å²) in [6.45, 7) is 8.05. The quantitative estimate of drug-likeness (QED) is 0.362. The van der Waals surface area contributed by atoms with E-state index in [0.29, 0.717) is 23.1 Å². The van der Waals surface area contributed by atoms with Gasteiger partial charge in [-0.3, -0.25) is 9.59 Å². The SMILES string of the molecule is COc1ccc2nc3c(nc2c1)O[C@H]1CN(C(=O)[C@H](C(C)(C)C)CC(=O)O[C@@H]2C[C@H]2CCCCC32CC2)[C@H](C=O)[C@@H]1C. The number of methoxy groups -OCH3 is 1. The smallest absolute Gasteiger partial charge is 0.306 e. The first-order chi connectivity index (χ1) is 20.0. The summed E-state index contributed by atoms with van der Waals surface area (Å²) in [6.07, 6.45) is 7.41. The highest BCUT2D eigenvalue weighted by molar-refractivity contribution is 5.87. The molecule has 2 aliphatic heterocycles. The third-order valence-corrected chi connectivity index (χ3v) is 10.1. The molecule has 1 spiro atoms. The summed E-state index contributed by atoms with van der Waals surface area (Å²) in [5, 5.41) is 0. The van der Waals surface area contributed by atoms with Crippen LogP contribution in [0.2, 0.25) is 0 Å². The maximum absolute atomic E-state index is 14.1. The molecule has 4 aliphatic rings. The van der Waals surface area contributed by atoms with Gasteiger partial charge in [-0.1, -0.05) is 40.5 Å². The molecule has 2 saturated carbocycles. The molecular weight excluding hydrogens is 534 g/mol. The molecular formula is C33H43N3O6. The molecule has 1 aromatic carbocycles. The van der Waals surface area contributed by atoms with Gasteiger partial charge in [-0.05, 0) is 55.6 Å². The van der Waals surface area contributed by atoms with E-state index in [4.69, 9.17) is 24.2 Å². The van der Waals surface area contributed by atoms with Gasteiger partial charge in [0.05, 0.1) is 43.1 Å². The van der Waals surface area contributed by atoms with Crippen LogP contribution in [0.15, 0.2) is 18.2 Å². The maximum Gasteiger partial charge on any atom is 0.306 e. The second kappa shape index (κ2) is 10.8. The summed E-state index contributed by atoms with van der Waals surface area (Å²) in [5.41, 5.74) is 1.78. The third kappa shape index (κ3) is 5.47. The number of nitrogens with zero attached hydrogens (tertiary/aromatic N) is 3. The predicted molar refractivity (Wildman–Crippen MR) is 156 cm³/mol. The number of carbonyl (C=O) groups is 3. The molecule has 6 rings (SSSR count). The van der Waals surface area contributed by atoms with Gasteiger partial charge in [-0.25, -0.2) is 9.97 Å². The zero-order valence-electron chi connectivity index (χ0n) is 25.4. The van der Waals surface area contributed by atoms with Crippen molar-refractivity contribution < 1.29 is 28.6 Å². The molecule has 9 nitrogen and oxygen atoms in total. The molecule has 0 unspecified atom stereocenters. The normalized spacial score (nSPS) is 31.3. The monoisotopic (exact) mass is 577 g/mol. The molecule has 2 bridgehead atoms. The molecule has 2 aliphatic carbocycles. The lowest BCUT2D eigenvalue weighted by molar-refractivity contribution is -0.153. The molecule has 9 heteroatoms. The Morgan fingerprint density at radius 3 is 2.52 bits per heavy atom. The Labute approximate surface area is 247 Å². The van der Waals surface area contributed by atoms with Crippen LogP contribution in [-0.2, 0) is 24.5 Å². The van der Waals surface area contributed by atoms with E-state index in [1.54, 1.807) is 12.0 Å². The average molecular weight is 578 g/mol. The van der Waals surface area contributed by atoms with E-state index in [2.05, 4.69) is 0 Å². The van der Waals surface area contributed by atoms with Crippen LogP contribution in [-0.4, -0.2) is 64.9 Å². The van der Waals surface area contributed by atoms with E-state index in [-0.39, 0.29) is 42.3 Å². The highest BCUT2D eigenvalue weighted by Gasteiger charge is 2.51. The number of benzene rings is 1. The van der Waals surface area contributed by atoms with Gasteiger partial charge in [0.25, 0.3) is 0 Å². The molecule has 3 heterocycles. The summed E-state index contributed by atoms with van der Waals surface area (Å²) < 4.78 is 17.9. The van der Waals surface area contributed by atoms with Crippen molar-refractivity contribution in [2.45, 2.75) is 103 Å². The number of rotatable bonds is 2. The number of amides is 1. The van der Waals surface area contributed by atoms with E-state index in [1.807, 2.05) is 45.9 Å². The van der Waals surface area contributed by atoms with E-state index < -0.39 is 23.5 Å². The van der Waals surface area contributed by atoms with Gasteiger partial charge < -0.3 is 23.9 Å². The summed E-state index contributed by atoms with van der Waals surface area (Å²) in [6, 6.07) is 5.03. The Bertz CT molecular complexity index is 1380. The van der Waals surface area contributed by atoms with Crippen molar-refractivity contribution in [1.82, 2.24) is 14.9 Å². The van der Waals surface area contributed by atoms with E-state index >= 15 is 0 Å². The van der Waals surface area contributed by atoms with Gasteiger partial charge in [0.1, 0.15) is 29.9 Å². The highest BCUT2D eigenvalue weighted by Crippen LogP contribution is 2.54. The minimum atomic E-state index is -0.662. The summed E-state index contributed by atoms with van der Waals surface area (Å²) >= 11 is 0. The lowest BCUT2D eigenvalue weighted by Crippen LogP contribution is -2.46. The summed E-state index contributed by atoms with van der Waals surface area (Å²) in [5.74, 6) is 0.144. The Kier molecular flexibility index (Phi) is 7.42. The van der Waals surface area contributed by atoms with Gasteiger partial charge >= 0.3 is 5.97 Å². The first-order valence-electron chi connectivity index (χ1n) is 15.5. The maximum atomic E-state index is 14.1. The predicted octanol–water partition coefficient (Wildman–Crippen LogP) is 5.02. The summed E-state index contributed by atoms with van der Waals surface area (Å²) in [7, 11) is 1.62. The third-order valence-electron chi connectivity index (χ3n) is 10.1. The number of aldehydes is 1. The zero-order chi connectivity index (χ0) is 29.8. The Morgan fingerprint density at radius 1 is 1.05 bits per heavy atom. The first kappa shape index (κ1) is 28.9. The van der Waals surface area contributed by atoms with Crippen LogP contribution in [0.25, 0.3) is 11.0 Å². The first-order valence-corrected chi connectivity index (χ1v) is 15.5. The number of esters is 1. The lowest BCUT2D eigenvalue weighted by Gasteiger charge is -2.34. The number of fused-ring (bicyclic) bond motifs is 6. The lowest BCUT2D eigenvalue weighted by atomic mass is 9.77. The topological polar surface area (TPSA) is 108 Å². The Hall–Kier alpha value is -3.23. The molecule has 0 N–H and O–H groups in total. The van der Waals surface area contributed by atoms with E-state index in [1.165, 1.54) is 0 Å². The zero-order valence-corrected chi connectivity index (χ0v) is 25.4. The second-order valence-electron chi connectivity index (χ2n) is 14.0. The van der Waals surface area contributed by atoms with Crippen molar-refractivity contribution in [3.05, 3.63) is 23.9 Å². The van der Waals surface area contributed by atoms with Crippen molar-refractivity contribution in [3.8, 4) is 11.6 Å². The van der Waals surface area contributed by atoms with Crippen molar-refractivity contribution in [2.24, 2.45) is 23.2 Å². The van der Waals surface area contributed by atoms with Crippen LogP contribution in [0.5, 0.6) is 11.6 Å². The van der Waals surface area contributed by atoms with Gasteiger partial charge in [0.2, 0.25) is 11.8 Å². The standard InChI is InChI=1S/C33H43N3O6/c1-19-25(18-37)36-17-27(19)42-30-29(34-23-10-9-21(40-5)15-24(23)35-30)33(12-13-33)11-7-6-8-20-14-26(20)41-28(38)16-22(31(36)39)32(2,3)4/h9-10,15,18-20,22,25-27H,6-8,11-14,16-17H2,1-5H3/t19-,20+,22+,25+,26+,27-/m0/s1. The summed E-state index contributed by atoms with van der Waals surface area (Å²) in [4.78, 5) is 51.2. The fraction of sp³-hybridized carbons (Fsp3) is 0.667. The molecule has 3 fully saturated rings. The van der Waals surface area contributed by atoms with E-state index in [9.17, 15) is 14.4 Å². The van der Waals surface area contributed by atoms with Crippen molar-refractivity contribution in [3.63, 3.8) is 0 Å². The second-order valence-corrected chi connectivity index (χ2v) is 14.0. The molecule has 6 atom stereocenters. The van der Waals surface area contributed by atoms with Crippen molar-refractivity contribution >= 4 is 29.2 Å². The van der Waals surface area contributed by atoms with E-state index in [0.717, 1.165) is 62.4 Å². The minimum Gasteiger partial charge on any atom is -0.497 e. The van der Waals surface area contributed by atoms with Crippen LogP contribution in [0.4, 0.5) is 0 Å². The Balaban J connectivity index is 1.38. The Morgan fingerprint density at radius 2 is 1.83 bits per heavy atom. The molecule has 0 radical (unpaired) electrons. The van der Waals surface area contributed by atoms with Crippen molar-refractivity contribution in [1.29, 1.82) is 0 Å². The average Bonchev–Trinajstić information content (AvgIpc) is 3.87. The van der Waals surface area contributed by atoms with Gasteiger partial charge in [0, 0.05) is 17.4 Å². The molecule has 2 aromatic rings. The van der Waals surface area contributed by atoms with Crippen LogP contribution in [0.1, 0.15) is 84.8 Å². The number of aromatic nitrogens is 2. The van der Waals surface area contributed by atoms with Crippen molar-refractivity contribution in [2.75, 3.05) is 13.7 Å². The largest absolute Gasteiger partial charge is 0.497 e. The minimum absolute atomic E-state index is 0.00180. The van der Waals surface area contributed by atoms with Gasteiger partial charge in [-0.2, -0.15) is 0 Å². The number of hydrogen-bond donors (Lipinski definition) is 0. The molecule has 1 saturated heterocycles. The fourth-order valence-electron chi connectivity index (χ4n) is 6.92. The van der Waals surface area contributed by atoms with Crippen LogP contribution in [0, 0.1) is 23.2 Å². The fourth-order valence-corrected chi connectivity index (χ4v) is 6.92.